The van der Waals surface area contributed by atoms with E-state index in [0.717, 1.165) is 15.5 Å². The number of amides is 1. The number of carbonyl (C=O) groups is 1. The molecule has 0 radical (unpaired) electrons. The summed E-state index contributed by atoms with van der Waals surface area (Å²) in [6.07, 6.45) is 3.19. The summed E-state index contributed by atoms with van der Waals surface area (Å²) in [5.41, 5.74) is 0.326. The third kappa shape index (κ3) is 3.83. The van der Waals surface area contributed by atoms with E-state index in [1.54, 1.807) is 43.8 Å². The molecule has 3 aromatic heterocycles. The molecule has 1 N–H and O–H groups in total. The minimum Gasteiger partial charge on any atom is -0.475 e. The fourth-order valence-electron chi connectivity index (χ4n) is 2.15. The van der Waals surface area contributed by atoms with Crippen LogP contribution in [0.5, 0.6) is 5.88 Å². The number of hydrogen-bond acceptors (Lipinski definition) is 7. The van der Waals surface area contributed by atoms with Gasteiger partial charge in [0.1, 0.15) is 11.4 Å². The maximum Gasteiger partial charge on any atom is 0.338 e. The highest BCUT2D eigenvalue weighted by Crippen LogP contribution is 2.15. The highest BCUT2D eigenvalue weighted by Gasteiger charge is 2.15. The lowest BCUT2D eigenvalue weighted by atomic mass is 10.2. The first kappa shape index (κ1) is 17.1. The number of rotatable bonds is 6. The van der Waals surface area contributed by atoms with Gasteiger partial charge in [-0.2, -0.15) is 3.96 Å². The maximum absolute atomic E-state index is 12.3. The average Bonchev–Trinajstić information content (AvgIpc) is 2.98. The lowest BCUT2D eigenvalue weighted by Gasteiger charge is -2.10. The number of fused-ring (bicyclic) bond motifs is 1. The van der Waals surface area contributed by atoms with Gasteiger partial charge in [-0.25, -0.2) is 14.8 Å². The molecule has 0 saturated heterocycles. The number of carbonyl (C=O) groups excluding carboxylic acids is 1. The number of nitrogens with one attached hydrogen (secondary N) is 1. The Kier molecular flexibility index (Phi) is 5.36. The Hall–Kier alpha value is -2.78. The van der Waals surface area contributed by atoms with Crippen molar-refractivity contribution in [3.05, 3.63) is 52.6 Å². The van der Waals surface area contributed by atoms with Gasteiger partial charge in [-0.1, -0.05) is 6.07 Å². The van der Waals surface area contributed by atoms with Crippen molar-refractivity contribution in [1.29, 1.82) is 0 Å². The highest BCUT2D eigenvalue weighted by molar-refractivity contribution is 7.14. The molecule has 0 spiro atoms. The van der Waals surface area contributed by atoms with Crippen LogP contribution in [0.1, 0.15) is 5.56 Å². The third-order valence-corrected chi connectivity index (χ3v) is 4.37. The van der Waals surface area contributed by atoms with Crippen LogP contribution in [-0.2, 0) is 11.3 Å². The van der Waals surface area contributed by atoms with E-state index in [1.165, 1.54) is 0 Å². The average molecular weight is 360 g/mol. The van der Waals surface area contributed by atoms with Gasteiger partial charge in [0.25, 0.3) is 5.56 Å². The van der Waals surface area contributed by atoms with Crippen molar-refractivity contribution >= 4 is 27.8 Å². The van der Waals surface area contributed by atoms with E-state index in [1.807, 2.05) is 0 Å². The molecule has 3 rings (SSSR count). The Morgan fingerprint density at radius 3 is 2.84 bits per heavy atom. The fraction of sp³-hybridized carbons (Fsp3) is 0.250. The minimum absolute atomic E-state index is 0.184. The van der Waals surface area contributed by atoms with Crippen molar-refractivity contribution < 1.29 is 14.3 Å². The molecule has 0 bridgehead atoms. The first-order valence-electron chi connectivity index (χ1n) is 7.51. The molecule has 0 aliphatic heterocycles. The summed E-state index contributed by atoms with van der Waals surface area (Å²) in [4.78, 5) is 33.3. The van der Waals surface area contributed by atoms with E-state index in [-0.39, 0.29) is 12.1 Å². The number of hydrogen-bond donors (Lipinski definition) is 1. The van der Waals surface area contributed by atoms with Crippen molar-refractivity contribution in [1.82, 2.24) is 19.2 Å². The van der Waals surface area contributed by atoms with Crippen LogP contribution in [-0.4, -0.2) is 40.3 Å². The standard InChI is InChI=1S/C16H16N4O4S/c1-23-8-9-24-13-11(4-2-6-17-13)10-19-16(22)20-15(21)12-5-3-7-18-14(12)25-20/h2-7H,8-10H2,1H3,(H,19,22). The summed E-state index contributed by atoms with van der Waals surface area (Å²) in [5.74, 6) is 0.421. The van der Waals surface area contributed by atoms with Crippen LogP contribution in [0.2, 0.25) is 0 Å². The fourth-order valence-corrected chi connectivity index (χ4v) is 3.01. The van der Waals surface area contributed by atoms with E-state index >= 15 is 0 Å². The second-order valence-electron chi connectivity index (χ2n) is 5.01. The van der Waals surface area contributed by atoms with Gasteiger partial charge in [0.05, 0.1) is 12.0 Å². The molecule has 8 nitrogen and oxygen atoms in total. The number of aromatic nitrogens is 3. The Morgan fingerprint density at radius 1 is 1.24 bits per heavy atom. The second kappa shape index (κ2) is 7.86. The predicted molar refractivity (Wildman–Crippen MR) is 93.1 cm³/mol. The van der Waals surface area contributed by atoms with Crippen molar-refractivity contribution in [2.75, 3.05) is 20.3 Å². The first-order valence-corrected chi connectivity index (χ1v) is 8.29. The van der Waals surface area contributed by atoms with Gasteiger partial charge in [-0.15, -0.1) is 0 Å². The summed E-state index contributed by atoms with van der Waals surface area (Å²) in [7, 11) is 1.58. The molecule has 0 aliphatic rings. The van der Waals surface area contributed by atoms with Gasteiger partial charge in [-0.05, 0) is 29.7 Å². The van der Waals surface area contributed by atoms with Crippen LogP contribution < -0.4 is 15.6 Å². The topological polar surface area (TPSA) is 95.3 Å². The van der Waals surface area contributed by atoms with Crippen molar-refractivity contribution in [2.24, 2.45) is 0 Å². The molecule has 0 aliphatic carbocycles. The van der Waals surface area contributed by atoms with Gasteiger partial charge >= 0.3 is 6.03 Å². The van der Waals surface area contributed by atoms with Gasteiger partial charge < -0.3 is 14.8 Å². The van der Waals surface area contributed by atoms with Crippen molar-refractivity contribution in [2.45, 2.75) is 6.54 Å². The smallest absolute Gasteiger partial charge is 0.338 e. The molecule has 25 heavy (non-hydrogen) atoms. The Morgan fingerprint density at radius 2 is 2.04 bits per heavy atom. The number of nitrogens with zero attached hydrogens (tertiary/aromatic N) is 3. The van der Waals surface area contributed by atoms with Crippen molar-refractivity contribution in [3.63, 3.8) is 0 Å². The summed E-state index contributed by atoms with van der Waals surface area (Å²) in [6, 6.07) is 6.34. The van der Waals surface area contributed by atoms with Crippen molar-refractivity contribution in [3.8, 4) is 5.88 Å². The molecule has 3 heterocycles. The zero-order valence-electron chi connectivity index (χ0n) is 13.5. The van der Waals surface area contributed by atoms with E-state index < -0.39 is 6.03 Å². The van der Waals surface area contributed by atoms with Crippen LogP contribution in [0.3, 0.4) is 0 Å². The summed E-state index contributed by atoms with van der Waals surface area (Å²) >= 11 is 1.01. The molecular formula is C16H16N4O4S. The normalized spacial score (nSPS) is 10.8. The molecule has 3 aromatic rings. The maximum atomic E-state index is 12.3. The quantitative estimate of drug-likeness (QED) is 0.672. The molecular weight excluding hydrogens is 344 g/mol. The van der Waals surface area contributed by atoms with E-state index in [0.29, 0.717) is 34.9 Å². The Bertz CT molecular complexity index is 937. The molecule has 0 atom stereocenters. The molecule has 0 fully saturated rings. The van der Waals surface area contributed by atoms with E-state index in [9.17, 15) is 9.59 Å². The van der Waals surface area contributed by atoms with Gasteiger partial charge in [0, 0.05) is 31.6 Å². The molecule has 0 saturated carbocycles. The van der Waals surface area contributed by atoms with E-state index in [2.05, 4.69) is 15.3 Å². The lowest BCUT2D eigenvalue weighted by Crippen LogP contribution is -2.32. The first-order chi connectivity index (χ1) is 12.2. The SMILES string of the molecule is COCCOc1ncccc1CNC(=O)n1sc2ncccc2c1=O. The monoisotopic (exact) mass is 360 g/mol. The summed E-state index contributed by atoms with van der Waals surface area (Å²) in [5, 5.41) is 3.13. The van der Waals surface area contributed by atoms with Crippen LogP contribution in [0, 0.1) is 0 Å². The molecule has 130 valence electrons. The summed E-state index contributed by atoms with van der Waals surface area (Å²) in [6.45, 7) is 0.978. The zero-order chi connectivity index (χ0) is 17.6. The second-order valence-corrected chi connectivity index (χ2v) is 5.95. The molecule has 1 amide bonds. The van der Waals surface area contributed by atoms with Gasteiger partial charge in [0.2, 0.25) is 5.88 Å². The number of pyridine rings is 2. The summed E-state index contributed by atoms with van der Waals surface area (Å²) < 4.78 is 11.5. The van der Waals surface area contributed by atoms with Crippen LogP contribution >= 0.6 is 11.5 Å². The number of ether oxygens (including phenoxy) is 2. The highest BCUT2D eigenvalue weighted by atomic mass is 32.1. The Balaban J connectivity index is 1.72. The lowest BCUT2D eigenvalue weighted by molar-refractivity contribution is 0.143. The van der Waals surface area contributed by atoms with Crippen LogP contribution in [0.4, 0.5) is 4.79 Å². The van der Waals surface area contributed by atoms with Crippen LogP contribution in [0.15, 0.2) is 41.5 Å². The molecule has 0 aromatic carbocycles. The van der Waals surface area contributed by atoms with E-state index in [4.69, 9.17) is 9.47 Å². The number of methoxy groups -OCH3 is 1. The van der Waals surface area contributed by atoms with Gasteiger partial charge in [-0.3, -0.25) is 4.79 Å². The van der Waals surface area contributed by atoms with Crippen LogP contribution in [0.25, 0.3) is 10.2 Å². The Labute approximate surface area is 147 Å². The third-order valence-electron chi connectivity index (χ3n) is 3.35. The zero-order valence-corrected chi connectivity index (χ0v) is 14.3. The largest absolute Gasteiger partial charge is 0.475 e. The predicted octanol–water partition coefficient (Wildman–Crippen LogP) is 1.64. The van der Waals surface area contributed by atoms with Gasteiger partial charge in [0.15, 0.2) is 0 Å². The molecule has 0 unspecified atom stereocenters. The molecule has 9 heteroatoms. The minimum atomic E-state index is -0.514.